The molecule has 0 spiro atoms. The second-order valence-electron chi connectivity index (χ2n) is 7.83. The highest BCUT2D eigenvalue weighted by Crippen LogP contribution is 2.42. The van der Waals surface area contributed by atoms with Crippen molar-refractivity contribution >= 4 is 23.6 Å². The molecule has 2 aromatic carbocycles. The molecule has 0 amide bonds. The minimum absolute atomic E-state index is 0.236. The largest absolute Gasteiger partial charge is 0.457 e. The summed E-state index contributed by atoms with van der Waals surface area (Å²) in [5.41, 5.74) is 0.454. The summed E-state index contributed by atoms with van der Waals surface area (Å²) >= 11 is 6.24. The third-order valence-electron chi connectivity index (χ3n) is 4.00. The van der Waals surface area contributed by atoms with E-state index in [0.717, 1.165) is 11.6 Å². The smallest absolute Gasteiger partial charge is 0.420 e. The monoisotopic (exact) mass is 412 g/mol. The van der Waals surface area contributed by atoms with Crippen LogP contribution < -0.4 is 4.74 Å². The lowest BCUT2D eigenvalue weighted by molar-refractivity contribution is -0.138. The number of alkyl halides is 3. The van der Waals surface area contributed by atoms with E-state index < -0.39 is 11.7 Å². The lowest BCUT2D eigenvalue weighted by Gasteiger charge is -2.22. The highest BCUT2D eigenvalue weighted by Gasteiger charge is 2.35. The Labute approximate surface area is 168 Å². The average molecular weight is 413 g/mol. The van der Waals surface area contributed by atoms with Gasteiger partial charge in [0.25, 0.3) is 0 Å². The first-order valence-electron chi connectivity index (χ1n) is 8.69. The molecule has 3 nitrogen and oxygen atoms in total. The van der Waals surface area contributed by atoms with Gasteiger partial charge in [0.15, 0.2) is 0 Å². The highest BCUT2D eigenvalue weighted by atomic mass is 35.5. The summed E-state index contributed by atoms with van der Waals surface area (Å²) in [6.45, 7) is 7.61. The van der Waals surface area contributed by atoms with Crippen molar-refractivity contribution in [1.29, 1.82) is 0 Å². The minimum atomic E-state index is -4.58. The van der Waals surface area contributed by atoms with E-state index in [9.17, 15) is 13.2 Å². The predicted molar refractivity (Wildman–Crippen MR) is 108 cm³/mol. The average Bonchev–Trinajstić information content (AvgIpc) is 2.53. The van der Waals surface area contributed by atoms with Gasteiger partial charge in [-0.15, -0.1) is 0 Å². The van der Waals surface area contributed by atoms with Crippen molar-refractivity contribution in [3.8, 4) is 11.5 Å². The maximum Gasteiger partial charge on any atom is 0.420 e. The predicted octanol–water partition coefficient (Wildman–Crippen LogP) is 6.98. The van der Waals surface area contributed by atoms with Crippen molar-refractivity contribution in [3.05, 3.63) is 52.0 Å². The molecule has 0 atom stereocenters. The van der Waals surface area contributed by atoms with Crippen LogP contribution in [0.5, 0.6) is 11.5 Å². The summed E-state index contributed by atoms with van der Waals surface area (Å²) in [6.07, 6.45) is -3.12. The number of aryl methyl sites for hydroxylation is 1. The van der Waals surface area contributed by atoms with Gasteiger partial charge in [0.05, 0.1) is 12.0 Å². The van der Waals surface area contributed by atoms with E-state index in [-0.39, 0.29) is 16.9 Å². The fourth-order valence-corrected chi connectivity index (χ4v) is 2.96. The molecular formula is C21H24ClF3N2O. The van der Waals surface area contributed by atoms with E-state index in [1.807, 2.05) is 20.8 Å². The number of halogens is 4. The molecule has 0 heterocycles. The summed E-state index contributed by atoms with van der Waals surface area (Å²) in [6, 6.07) is 7.23. The van der Waals surface area contributed by atoms with E-state index in [4.69, 9.17) is 16.3 Å². The van der Waals surface area contributed by atoms with Crippen LogP contribution in [0.4, 0.5) is 18.9 Å². The van der Waals surface area contributed by atoms with Crippen molar-refractivity contribution in [3.63, 3.8) is 0 Å². The summed E-state index contributed by atoms with van der Waals surface area (Å²) in [4.78, 5) is 5.77. The third kappa shape index (κ3) is 5.41. The van der Waals surface area contributed by atoms with Crippen molar-refractivity contribution in [2.24, 2.45) is 4.99 Å². The zero-order valence-corrected chi connectivity index (χ0v) is 17.5. The summed E-state index contributed by atoms with van der Waals surface area (Å²) in [7, 11) is 3.49. The van der Waals surface area contributed by atoms with Gasteiger partial charge in [-0.25, -0.2) is 4.99 Å². The topological polar surface area (TPSA) is 24.8 Å². The van der Waals surface area contributed by atoms with Crippen molar-refractivity contribution in [2.45, 2.75) is 39.3 Å². The molecule has 0 saturated heterocycles. The van der Waals surface area contributed by atoms with E-state index in [2.05, 4.69) is 4.99 Å². The second-order valence-corrected chi connectivity index (χ2v) is 8.24. The molecule has 2 rings (SSSR count). The minimum Gasteiger partial charge on any atom is -0.457 e. The lowest BCUT2D eigenvalue weighted by Crippen LogP contribution is -2.12. The Bertz CT molecular complexity index is 884. The fourth-order valence-electron chi connectivity index (χ4n) is 2.56. The SMILES string of the molecule is Cc1cc(Oc2ccc(Cl)c(C(C)(C)C)c2)c(C(F)(F)F)cc1N=CN(C)C. The van der Waals surface area contributed by atoms with Crippen LogP contribution >= 0.6 is 11.6 Å². The molecule has 152 valence electrons. The summed E-state index contributed by atoms with van der Waals surface area (Å²) in [5, 5.41) is 0.542. The van der Waals surface area contributed by atoms with Crippen LogP contribution in [-0.2, 0) is 11.6 Å². The van der Waals surface area contributed by atoms with Gasteiger partial charge >= 0.3 is 6.18 Å². The Morgan fingerprint density at radius 3 is 2.21 bits per heavy atom. The Morgan fingerprint density at radius 1 is 1.04 bits per heavy atom. The molecule has 0 aliphatic rings. The standard InChI is InChI=1S/C21H24ClF3N2O/c1-13-9-19(16(21(23,24)25)11-18(13)26-12-27(5)6)28-14-7-8-17(22)15(10-14)20(2,3)4/h7-12H,1-6H3. The normalized spacial score (nSPS) is 12.5. The molecule has 0 aromatic heterocycles. The maximum atomic E-state index is 13.6. The molecule has 28 heavy (non-hydrogen) atoms. The van der Waals surface area contributed by atoms with E-state index in [0.29, 0.717) is 16.3 Å². The molecule has 0 radical (unpaired) electrons. The molecule has 0 unspecified atom stereocenters. The Hall–Kier alpha value is -2.21. The quantitative estimate of drug-likeness (QED) is 0.399. The highest BCUT2D eigenvalue weighted by molar-refractivity contribution is 6.31. The van der Waals surface area contributed by atoms with Crippen LogP contribution in [0.1, 0.15) is 37.5 Å². The van der Waals surface area contributed by atoms with Crippen molar-refractivity contribution in [1.82, 2.24) is 4.90 Å². The number of nitrogens with zero attached hydrogens (tertiary/aromatic N) is 2. The van der Waals surface area contributed by atoms with Crippen LogP contribution in [0.2, 0.25) is 5.02 Å². The van der Waals surface area contributed by atoms with Gasteiger partial charge in [-0.2, -0.15) is 13.2 Å². The first-order chi connectivity index (χ1) is 12.8. The van der Waals surface area contributed by atoms with Crippen LogP contribution in [0.15, 0.2) is 35.3 Å². The molecule has 0 fully saturated rings. The zero-order chi connectivity index (χ0) is 21.3. The lowest BCUT2D eigenvalue weighted by atomic mass is 9.87. The molecule has 2 aromatic rings. The molecule has 7 heteroatoms. The number of rotatable bonds is 4. The van der Waals surface area contributed by atoms with Gasteiger partial charge in [0.1, 0.15) is 17.1 Å². The number of aliphatic imine (C=N–C) groups is 1. The van der Waals surface area contributed by atoms with E-state index in [1.165, 1.54) is 12.4 Å². The first-order valence-corrected chi connectivity index (χ1v) is 9.07. The molecular weight excluding hydrogens is 389 g/mol. The van der Waals surface area contributed by atoms with Crippen LogP contribution in [0.3, 0.4) is 0 Å². The maximum absolute atomic E-state index is 13.6. The molecule has 0 aliphatic heterocycles. The summed E-state index contributed by atoms with van der Waals surface area (Å²) in [5.74, 6) is 0.0275. The van der Waals surface area contributed by atoms with E-state index >= 15 is 0 Å². The molecule has 0 N–H and O–H groups in total. The van der Waals surface area contributed by atoms with Crippen LogP contribution in [0.25, 0.3) is 0 Å². The van der Waals surface area contributed by atoms with Gasteiger partial charge in [-0.3, -0.25) is 0 Å². The van der Waals surface area contributed by atoms with Crippen molar-refractivity contribution < 1.29 is 17.9 Å². The second kappa shape index (κ2) is 8.03. The first kappa shape index (κ1) is 22.1. The third-order valence-corrected chi connectivity index (χ3v) is 4.33. The molecule has 0 bridgehead atoms. The van der Waals surface area contributed by atoms with Crippen LogP contribution in [-0.4, -0.2) is 25.3 Å². The number of ether oxygens (including phenoxy) is 1. The van der Waals surface area contributed by atoms with Gasteiger partial charge < -0.3 is 9.64 Å². The number of benzene rings is 2. The van der Waals surface area contributed by atoms with E-state index in [1.54, 1.807) is 44.1 Å². The van der Waals surface area contributed by atoms with Gasteiger partial charge in [0, 0.05) is 19.1 Å². The molecule has 0 saturated carbocycles. The van der Waals surface area contributed by atoms with Crippen LogP contribution in [0, 0.1) is 6.92 Å². The summed E-state index contributed by atoms with van der Waals surface area (Å²) < 4.78 is 46.5. The van der Waals surface area contributed by atoms with Gasteiger partial charge in [-0.05, 0) is 53.8 Å². The van der Waals surface area contributed by atoms with Crippen molar-refractivity contribution in [2.75, 3.05) is 14.1 Å². The van der Waals surface area contributed by atoms with Gasteiger partial charge in [0.2, 0.25) is 0 Å². The fraction of sp³-hybridized carbons (Fsp3) is 0.381. The molecule has 0 aliphatic carbocycles. The zero-order valence-electron chi connectivity index (χ0n) is 16.8. The Kier molecular flexibility index (Phi) is 6.34. The van der Waals surface area contributed by atoms with Gasteiger partial charge in [-0.1, -0.05) is 32.4 Å². The Morgan fingerprint density at radius 2 is 1.68 bits per heavy atom. The Balaban J connectivity index is 2.53. The number of hydrogen-bond acceptors (Lipinski definition) is 2. The number of hydrogen-bond donors (Lipinski definition) is 0.